The van der Waals surface area contributed by atoms with E-state index in [0.29, 0.717) is 37.3 Å². The van der Waals surface area contributed by atoms with Crippen LogP contribution >= 0.6 is 0 Å². The number of nitrogens with zero attached hydrogens (tertiary/aromatic N) is 1. The van der Waals surface area contributed by atoms with Crippen molar-refractivity contribution in [3.63, 3.8) is 0 Å². The maximum atomic E-state index is 14.0. The van der Waals surface area contributed by atoms with Gasteiger partial charge in [-0.15, -0.1) is 0 Å². The Morgan fingerprint density at radius 3 is 2.59 bits per heavy atom. The van der Waals surface area contributed by atoms with E-state index in [1.54, 1.807) is 36.1 Å². The Morgan fingerprint density at radius 1 is 1.09 bits per heavy atom. The van der Waals surface area contributed by atoms with Crippen molar-refractivity contribution in [2.45, 2.75) is 39.5 Å². The summed E-state index contributed by atoms with van der Waals surface area (Å²) in [5.74, 6) is -1.17. The number of rotatable bonds is 7. The van der Waals surface area contributed by atoms with E-state index < -0.39 is 11.7 Å². The van der Waals surface area contributed by atoms with Crippen molar-refractivity contribution in [2.24, 2.45) is 5.92 Å². The van der Waals surface area contributed by atoms with Gasteiger partial charge in [-0.05, 0) is 55.9 Å². The molecule has 2 aromatic rings. The molecule has 170 valence electrons. The van der Waals surface area contributed by atoms with E-state index in [-0.39, 0.29) is 23.3 Å². The molecule has 0 radical (unpaired) electrons. The predicted octanol–water partition coefficient (Wildman–Crippen LogP) is 4.15. The highest BCUT2D eigenvalue weighted by Crippen LogP contribution is 2.26. The Morgan fingerprint density at radius 2 is 1.84 bits per heavy atom. The fraction of sp³-hybridized carbons (Fsp3) is 0.400. The summed E-state index contributed by atoms with van der Waals surface area (Å²) in [4.78, 5) is 39.6. The van der Waals surface area contributed by atoms with Crippen LogP contribution in [0.2, 0.25) is 0 Å². The number of carbonyl (C=O) groups excluding carboxylic acids is 3. The molecule has 0 bridgehead atoms. The minimum absolute atomic E-state index is 0.0350. The van der Waals surface area contributed by atoms with Gasteiger partial charge in [0.05, 0.1) is 16.8 Å². The lowest BCUT2D eigenvalue weighted by molar-refractivity contribution is -0.121. The van der Waals surface area contributed by atoms with Gasteiger partial charge >= 0.3 is 0 Å². The second-order valence-electron chi connectivity index (χ2n) is 8.24. The summed E-state index contributed by atoms with van der Waals surface area (Å²) in [6.07, 6.45) is 3.10. The minimum atomic E-state index is -0.615. The molecule has 1 aliphatic rings. The van der Waals surface area contributed by atoms with Gasteiger partial charge in [-0.1, -0.05) is 31.2 Å². The molecule has 1 atom stereocenters. The second-order valence-corrected chi connectivity index (χ2v) is 8.24. The molecule has 2 aromatic carbocycles. The Bertz CT molecular complexity index is 992. The number of amides is 3. The number of halogens is 1. The van der Waals surface area contributed by atoms with Crippen molar-refractivity contribution in [3.05, 3.63) is 65.0 Å². The van der Waals surface area contributed by atoms with E-state index in [1.807, 2.05) is 6.92 Å². The molecule has 0 saturated carbocycles. The van der Waals surface area contributed by atoms with Crippen LogP contribution < -0.4 is 10.6 Å². The zero-order valence-electron chi connectivity index (χ0n) is 18.6. The summed E-state index contributed by atoms with van der Waals surface area (Å²) in [5.41, 5.74) is 1.42. The third-order valence-corrected chi connectivity index (χ3v) is 5.73. The van der Waals surface area contributed by atoms with Crippen molar-refractivity contribution in [1.29, 1.82) is 0 Å². The van der Waals surface area contributed by atoms with Gasteiger partial charge in [0.1, 0.15) is 5.82 Å². The minimum Gasteiger partial charge on any atom is -0.356 e. The van der Waals surface area contributed by atoms with Gasteiger partial charge in [-0.25, -0.2) is 4.39 Å². The quantitative estimate of drug-likeness (QED) is 0.680. The van der Waals surface area contributed by atoms with Crippen molar-refractivity contribution >= 4 is 23.4 Å². The number of benzene rings is 2. The summed E-state index contributed by atoms with van der Waals surface area (Å²) in [5, 5.41) is 5.69. The van der Waals surface area contributed by atoms with Crippen LogP contribution in [0.3, 0.4) is 0 Å². The number of hydrogen-bond donors (Lipinski definition) is 2. The summed E-state index contributed by atoms with van der Waals surface area (Å²) in [6, 6.07) is 11.0. The van der Waals surface area contributed by atoms with E-state index >= 15 is 0 Å². The predicted molar refractivity (Wildman–Crippen MR) is 122 cm³/mol. The number of nitrogens with one attached hydrogen (secondary N) is 2. The first-order valence-corrected chi connectivity index (χ1v) is 11.1. The number of para-hydroxylation sites is 1. The lowest BCUT2D eigenvalue weighted by atomic mass is 9.96. The third-order valence-electron chi connectivity index (χ3n) is 5.73. The van der Waals surface area contributed by atoms with Gasteiger partial charge < -0.3 is 15.5 Å². The van der Waals surface area contributed by atoms with E-state index in [4.69, 9.17) is 0 Å². The van der Waals surface area contributed by atoms with Crippen LogP contribution in [0, 0.1) is 18.7 Å². The molecular weight excluding hydrogens is 409 g/mol. The Kier molecular flexibility index (Phi) is 7.98. The van der Waals surface area contributed by atoms with Crippen LogP contribution in [0.25, 0.3) is 0 Å². The molecule has 0 spiro atoms. The molecule has 6 nitrogen and oxygen atoms in total. The monoisotopic (exact) mass is 439 g/mol. The normalized spacial score (nSPS) is 15.8. The SMILES string of the molecule is CCCC(=O)NCC1CCCN(C(=O)c2cccc(C)c2NC(=O)c2ccccc2F)C1. The first kappa shape index (κ1) is 23.4. The van der Waals surface area contributed by atoms with Gasteiger partial charge in [0.15, 0.2) is 0 Å². The van der Waals surface area contributed by atoms with Crippen molar-refractivity contribution < 1.29 is 18.8 Å². The number of likely N-dealkylation sites (tertiary alicyclic amines) is 1. The largest absolute Gasteiger partial charge is 0.356 e. The fourth-order valence-corrected chi connectivity index (χ4v) is 4.00. The van der Waals surface area contributed by atoms with Crippen LogP contribution in [0.4, 0.5) is 10.1 Å². The molecule has 0 aliphatic carbocycles. The van der Waals surface area contributed by atoms with Crippen molar-refractivity contribution in [3.8, 4) is 0 Å². The van der Waals surface area contributed by atoms with Gasteiger partial charge in [0, 0.05) is 26.1 Å². The average molecular weight is 440 g/mol. The molecule has 32 heavy (non-hydrogen) atoms. The highest BCUT2D eigenvalue weighted by Gasteiger charge is 2.27. The average Bonchev–Trinajstić information content (AvgIpc) is 2.79. The number of piperidine rings is 1. The molecule has 1 fully saturated rings. The Balaban J connectivity index is 1.74. The smallest absolute Gasteiger partial charge is 0.258 e. The van der Waals surface area contributed by atoms with Gasteiger partial charge in [0.2, 0.25) is 5.91 Å². The molecule has 3 rings (SSSR count). The molecular formula is C25H30FN3O3. The summed E-state index contributed by atoms with van der Waals surface area (Å²) < 4.78 is 14.0. The summed E-state index contributed by atoms with van der Waals surface area (Å²) in [6.45, 7) is 5.47. The lowest BCUT2D eigenvalue weighted by Crippen LogP contribution is -2.44. The molecule has 0 aromatic heterocycles. The molecule has 3 amide bonds. The van der Waals surface area contributed by atoms with Crippen LogP contribution in [0.5, 0.6) is 0 Å². The van der Waals surface area contributed by atoms with Crippen LogP contribution in [-0.4, -0.2) is 42.3 Å². The molecule has 1 saturated heterocycles. The maximum absolute atomic E-state index is 14.0. The maximum Gasteiger partial charge on any atom is 0.258 e. The number of hydrogen-bond acceptors (Lipinski definition) is 3. The topological polar surface area (TPSA) is 78.5 Å². The first-order chi connectivity index (χ1) is 15.4. The van der Waals surface area contributed by atoms with E-state index in [1.165, 1.54) is 18.2 Å². The van der Waals surface area contributed by atoms with E-state index in [2.05, 4.69) is 10.6 Å². The molecule has 7 heteroatoms. The second kappa shape index (κ2) is 10.9. The first-order valence-electron chi connectivity index (χ1n) is 11.1. The third kappa shape index (κ3) is 5.72. The molecule has 1 aliphatic heterocycles. The highest BCUT2D eigenvalue weighted by molar-refractivity contribution is 6.09. The van der Waals surface area contributed by atoms with E-state index in [0.717, 1.165) is 24.8 Å². The summed E-state index contributed by atoms with van der Waals surface area (Å²) in [7, 11) is 0. The molecule has 1 heterocycles. The van der Waals surface area contributed by atoms with Crippen LogP contribution in [0.1, 0.15) is 58.9 Å². The van der Waals surface area contributed by atoms with Gasteiger partial charge in [-0.2, -0.15) is 0 Å². The number of carbonyl (C=O) groups is 3. The van der Waals surface area contributed by atoms with Crippen molar-refractivity contribution in [2.75, 3.05) is 25.0 Å². The van der Waals surface area contributed by atoms with Crippen molar-refractivity contribution in [1.82, 2.24) is 10.2 Å². The zero-order chi connectivity index (χ0) is 23.1. The van der Waals surface area contributed by atoms with E-state index in [9.17, 15) is 18.8 Å². The lowest BCUT2D eigenvalue weighted by Gasteiger charge is -2.33. The highest BCUT2D eigenvalue weighted by atomic mass is 19.1. The van der Waals surface area contributed by atoms with Gasteiger partial charge in [0.25, 0.3) is 11.8 Å². The standard InChI is InChI=1S/C25H30FN3O3/c1-3-8-22(30)27-15-18-10-7-14-29(16-18)25(32)20-12-6-9-17(2)23(20)28-24(31)19-11-4-5-13-21(19)26/h4-6,9,11-13,18H,3,7-8,10,14-16H2,1-2H3,(H,27,30)(H,28,31). The van der Waals surface area contributed by atoms with Crippen LogP contribution in [0.15, 0.2) is 42.5 Å². The Hall–Kier alpha value is -3.22. The number of anilines is 1. The van der Waals surface area contributed by atoms with Gasteiger partial charge in [-0.3, -0.25) is 14.4 Å². The summed E-state index contributed by atoms with van der Waals surface area (Å²) >= 11 is 0. The zero-order valence-corrected chi connectivity index (χ0v) is 18.6. The fourth-order valence-electron chi connectivity index (χ4n) is 4.00. The Labute approximate surface area is 188 Å². The molecule has 2 N–H and O–H groups in total. The molecule has 1 unspecified atom stereocenters. The van der Waals surface area contributed by atoms with Crippen LogP contribution in [-0.2, 0) is 4.79 Å². The number of aryl methyl sites for hydroxylation is 1.